The molecule has 0 spiro atoms. The third-order valence-corrected chi connectivity index (χ3v) is 3.36. The highest BCUT2D eigenvalue weighted by Crippen LogP contribution is 2.10. The first-order valence-electron chi connectivity index (χ1n) is 7.19. The molecule has 1 aromatic carbocycles. The van der Waals surface area contributed by atoms with Gasteiger partial charge in [-0.15, -0.1) is 0 Å². The van der Waals surface area contributed by atoms with Crippen molar-refractivity contribution in [2.24, 2.45) is 12.1 Å². The average molecular weight is 367 g/mol. The van der Waals surface area contributed by atoms with Gasteiger partial charge in [-0.25, -0.2) is 13.0 Å². The molecule has 0 amide bonds. The fraction of sp³-hybridized carbons (Fsp3) is 0.250. The quantitative estimate of drug-likeness (QED) is 0.265. The molecule has 9 heteroatoms. The normalized spacial score (nSPS) is 10.9. The lowest BCUT2D eigenvalue weighted by molar-refractivity contribution is -0.671. The molecule has 0 saturated heterocycles. The fourth-order valence-electron chi connectivity index (χ4n) is 1.60. The summed E-state index contributed by atoms with van der Waals surface area (Å²) in [5.41, 5.74) is 5.26. The smallest absolute Gasteiger partial charge is 0.217 e. The van der Waals surface area contributed by atoms with Crippen LogP contribution in [0.2, 0.25) is 0 Å². The van der Waals surface area contributed by atoms with Crippen LogP contribution < -0.4 is 14.7 Å². The Morgan fingerprint density at radius 1 is 1.16 bits per heavy atom. The van der Waals surface area contributed by atoms with Crippen molar-refractivity contribution in [1.29, 1.82) is 0 Å². The van der Waals surface area contributed by atoms with Gasteiger partial charge in [0.2, 0.25) is 10.4 Å². The fourth-order valence-corrected chi connectivity index (χ4v) is 1.60. The topological polar surface area (TPSA) is 104 Å². The highest BCUT2D eigenvalue weighted by molar-refractivity contribution is 7.80. The second-order valence-electron chi connectivity index (χ2n) is 4.81. The minimum absolute atomic E-state index is 0.696. The Kier molecular flexibility index (Phi) is 8.54. The number of nitrogens with one attached hydrogen (secondary N) is 1. The number of nitrogens with zero attached hydrogens (tertiary/aromatic N) is 2. The molecular formula is C16H21N3O5S. The number of hydrogen-bond acceptors (Lipinski definition) is 7. The Labute approximate surface area is 147 Å². The number of ether oxygens (including phenoxy) is 1. The van der Waals surface area contributed by atoms with Crippen LogP contribution in [-0.4, -0.2) is 33.4 Å². The number of benzene rings is 1. The van der Waals surface area contributed by atoms with Gasteiger partial charge < -0.3 is 14.7 Å². The summed E-state index contributed by atoms with van der Waals surface area (Å²) in [6, 6.07) is 11.9. The second-order valence-corrected chi connectivity index (χ2v) is 5.96. The number of pyridine rings is 1. The van der Waals surface area contributed by atoms with Crippen molar-refractivity contribution >= 4 is 16.6 Å². The SMILES string of the molecule is COS(=O)(=O)[O-].COc1ccc(CN/N=C/c2cc[n+](C)cc2)cc1. The maximum atomic E-state index is 9.22. The molecule has 2 aromatic rings. The van der Waals surface area contributed by atoms with E-state index in [0.29, 0.717) is 6.54 Å². The molecule has 0 radical (unpaired) electrons. The minimum atomic E-state index is -4.41. The summed E-state index contributed by atoms with van der Waals surface area (Å²) < 4.78 is 38.1. The van der Waals surface area contributed by atoms with Gasteiger partial charge in [0.1, 0.15) is 12.8 Å². The Hall–Kier alpha value is -2.49. The molecule has 136 valence electrons. The summed E-state index contributed by atoms with van der Waals surface area (Å²) in [4.78, 5) is 0. The van der Waals surface area contributed by atoms with Gasteiger partial charge in [-0.3, -0.25) is 4.18 Å². The molecule has 0 bridgehead atoms. The lowest BCUT2D eigenvalue weighted by Crippen LogP contribution is -2.25. The van der Waals surface area contributed by atoms with Crippen molar-refractivity contribution < 1.29 is 26.5 Å². The molecule has 1 heterocycles. The molecule has 25 heavy (non-hydrogen) atoms. The molecule has 0 aliphatic rings. The molecule has 0 aliphatic heterocycles. The van der Waals surface area contributed by atoms with E-state index >= 15 is 0 Å². The monoisotopic (exact) mass is 367 g/mol. The Bertz CT molecular complexity index is 759. The van der Waals surface area contributed by atoms with Gasteiger partial charge in [-0.2, -0.15) is 5.10 Å². The average Bonchev–Trinajstić information content (AvgIpc) is 2.61. The van der Waals surface area contributed by atoms with Crippen LogP contribution in [0, 0.1) is 0 Å². The molecule has 1 aromatic heterocycles. The van der Waals surface area contributed by atoms with Crippen molar-refractivity contribution in [2.45, 2.75) is 6.54 Å². The molecule has 8 nitrogen and oxygen atoms in total. The van der Waals surface area contributed by atoms with Crippen molar-refractivity contribution in [3.05, 3.63) is 59.9 Å². The van der Waals surface area contributed by atoms with Gasteiger partial charge in [0.05, 0.1) is 27.0 Å². The van der Waals surface area contributed by atoms with Crippen molar-refractivity contribution in [2.75, 3.05) is 14.2 Å². The van der Waals surface area contributed by atoms with Crippen LogP contribution in [0.3, 0.4) is 0 Å². The summed E-state index contributed by atoms with van der Waals surface area (Å²) in [5, 5.41) is 4.19. The van der Waals surface area contributed by atoms with Crippen molar-refractivity contribution in [3.8, 4) is 5.75 Å². The lowest BCUT2D eigenvalue weighted by atomic mass is 10.2. The molecule has 0 saturated carbocycles. The van der Waals surface area contributed by atoms with E-state index in [1.807, 2.05) is 66.6 Å². The van der Waals surface area contributed by atoms with E-state index in [-0.39, 0.29) is 0 Å². The number of methoxy groups -OCH3 is 1. The molecule has 1 N–H and O–H groups in total. The van der Waals surface area contributed by atoms with Crippen LogP contribution in [0.25, 0.3) is 0 Å². The number of aromatic nitrogens is 1. The first kappa shape index (κ1) is 20.6. The lowest BCUT2D eigenvalue weighted by Gasteiger charge is -2.02. The first-order valence-corrected chi connectivity index (χ1v) is 8.53. The van der Waals surface area contributed by atoms with Gasteiger partial charge in [0, 0.05) is 17.7 Å². The van der Waals surface area contributed by atoms with Crippen LogP contribution in [-0.2, 0) is 28.2 Å². The van der Waals surface area contributed by atoms with Crippen LogP contribution in [0.15, 0.2) is 53.9 Å². The zero-order valence-corrected chi connectivity index (χ0v) is 15.1. The van der Waals surface area contributed by atoms with Crippen LogP contribution in [0.4, 0.5) is 0 Å². The minimum Gasteiger partial charge on any atom is -0.726 e. The largest absolute Gasteiger partial charge is 0.726 e. The summed E-state index contributed by atoms with van der Waals surface area (Å²) in [6.45, 7) is 0.696. The molecule has 0 atom stereocenters. The standard InChI is InChI=1S/C15H17N3O.CH4O4S/c1-18-9-7-14(8-10-18)12-17-16-11-13-3-5-15(19-2)6-4-13;1-5-6(2,3)4/h3-10,12H,11H2,1-2H3;1H3,(H,2,3,4). The van der Waals surface area contributed by atoms with E-state index in [1.54, 1.807) is 7.11 Å². The maximum Gasteiger partial charge on any atom is 0.217 e. The summed E-state index contributed by atoms with van der Waals surface area (Å²) in [5.74, 6) is 0.865. The van der Waals surface area contributed by atoms with Crippen molar-refractivity contribution in [1.82, 2.24) is 5.43 Å². The summed E-state index contributed by atoms with van der Waals surface area (Å²) >= 11 is 0. The van der Waals surface area contributed by atoms with E-state index in [2.05, 4.69) is 14.7 Å². The summed E-state index contributed by atoms with van der Waals surface area (Å²) in [6.07, 6.45) is 5.79. The molecule has 0 fully saturated rings. The Balaban J connectivity index is 0.000000450. The zero-order chi connectivity index (χ0) is 18.7. The van der Waals surface area contributed by atoms with Crippen LogP contribution in [0.1, 0.15) is 11.1 Å². The second kappa shape index (κ2) is 10.4. The van der Waals surface area contributed by atoms with E-state index in [0.717, 1.165) is 24.0 Å². The van der Waals surface area contributed by atoms with E-state index in [9.17, 15) is 13.0 Å². The van der Waals surface area contributed by atoms with Crippen LogP contribution in [0.5, 0.6) is 5.75 Å². The first-order chi connectivity index (χ1) is 11.8. The van der Waals surface area contributed by atoms with Gasteiger partial charge in [-0.1, -0.05) is 12.1 Å². The number of hydrogen-bond donors (Lipinski definition) is 1. The van der Waals surface area contributed by atoms with Gasteiger partial charge in [0.15, 0.2) is 12.4 Å². The predicted octanol–water partition coefficient (Wildman–Crippen LogP) is 0.736. The van der Waals surface area contributed by atoms with Crippen LogP contribution >= 0.6 is 0 Å². The number of aryl methyl sites for hydroxylation is 1. The highest BCUT2D eigenvalue weighted by Gasteiger charge is 1.94. The number of hydrazone groups is 1. The molecule has 0 unspecified atom stereocenters. The Morgan fingerprint density at radius 2 is 1.72 bits per heavy atom. The van der Waals surface area contributed by atoms with Gasteiger partial charge in [-0.05, 0) is 17.7 Å². The third kappa shape index (κ3) is 9.40. The van der Waals surface area contributed by atoms with Crippen molar-refractivity contribution in [3.63, 3.8) is 0 Å². The van der Waals surface area contributed by atoms with E-state index < -0.39 is 10.4 Å². The molecule has 0 aliphatic carbocycles. The maximum absolute atomic E-state index is 9.22. The molecule has 2 rings (SSSR count). The third-order valence-electron chi connectivity index (χ3n) is 2.96. The summed E-state index contributed by atoms with van der Waals surface area (Å²) in [7, 11) is 0.0489. The zero-order valence-electron chi connectivity index (χ0n) is 14.2. The predicted molar refractivity (Wildman–Crippen MR) is 91.8 cm³/mol. The highest BCUT2D eigenvalue weighted by atomic mass is 32.3. The number of rotatable bonds is 6. The molecular weight excluding hydrogens is 346 g/mol. The van der Waals surface area contributed by atoms with E-state index in [1.165, 1.54) is 0 Å². The van der Waals surface area contributed by atoms with E-state index in [4.69, 9.17) is 4.74 Å². The Morgan fingerprint density at radius 3 is 2.20 bits per heavy atom. The van der Waals surface area contributed by atoms with Gasteiger partial charge >= 0.3 is 0 Å². The van der Waals surface area contributed by atoms with Gasteiger partial charge in [0.25, 0.3) is 0 Å².